The van der Waals surface area contributed by atoms with Crippen molar-refractivity contribution in [2.45, 2.75) is 25.6 Å². The molecule has 0 aliphatic carbocycles. The molecule has 0 aliphatic rings. The van der Waals surface area contributed by atoms with Crippen LogP contribution in [0.15, 0.2) is 42.7 Å². The Morgan fingerprint density at radius 3 is 2.73 bits per heavy atom. The highest BCUT2D eigenvalue weighted by Gasteiger charge is 2.42. The Kier molecular flexibility index (Phi) is 6.57. The third-order valence-corrected chi connectivity index (χ3v) is 3.68. The lowest BCUT2D eigenvalue weighted by Crippen LogP contribution is -2.38. The van der Waals surface area contributed by atoms with E-state index in [1.165, 1.54) is 30.5 Å². The molecular weight excluding hydrogens is 347 g/mol. The number of amides is 1. The molecule has 1 aromatic heterocycles. The lowest BCUT2D eigenvalue weighted by Gasteiger charge is -2.22. The summed E-state index contributed by atoms with van der Waals surface area (Å²) < 4.78 is 45.6. The number of nitrogens with one attached hydrogen (secondary N) is 1. The first kappa shape index (κ1) is 19.7. The summed E-state index contributed by atoms with van der Waals surface area (Å²) in [6.45, 7) is 2.61. The van der Waals surface area contributed by atoms with Gasteiger partial charge in [0.1, 0.15) is 5.75 Å². The molecule has 1 amide bonds. The summed E-state index contributed by atoms with van der Waals surface area (Å²) in [4.78, 5) is 16.0. The van der Waals surface area contributed by atoms with Gasteiger partial charge in [0.15, 0.2) is 6.04 Å². The van der Waals surface area contributed by atoms with Crippen LogP contribution in [-0.4, -0.2) is 30.2 Å². The molecule has 0 aliphatic heterocycles. The lowest BCUT2D eigenvalue weighted by atomic mass is 10.1. The highest BCUT2D eigenvalue weighted by Crippen LogP contribution is 2.32. The molecule has 3 N–H and O–H groups in total. The number of benzene rings is 1. The largest absolute Gasteiger partial charge is 0.493 e. The standard InChI is InChI=1S/C18H20F3N3O2/c1-12-5-6-13(10-15(12)26-9-3-7-22)17(25)24-16(18(19,20)21)14-4-2-8-23-11-14/h2,4-6,8,10-11,16H,3,7,9,22H2,1H3,(H,24,25). The Bertz CT molecular complexity index is 736. The molecule has 0 saturated heterocycles. The number of pyridine rings is 1. The minimum absolute atomic E-state index is 0.0801. The zero-order valence-corrected chi connectivity index (χ0v) is 14.2. The van der Waals surface area contributed by atoms with E-state index in [-0.39, 0.29) is 11.1 Å². The van der Waals surface area contributed by atoms with E-state index in [9.17, 15) is 18.0 Å². The fourth-order valence-corrected chi connectivity index (χ4v) is 2.28. The van der Waals surface area contributed by atoms with E-state index in [0.717, 1.165) is 11.8 Å². The fraction of sp³-hybridized carbons (Fsp3) is 0.333. The van der Waals surface area contributed by atoms with Gasteiger partial charge in [-0.05, 0) is 43.7 Å². The van der Waals surface area contributed by atoms with Crippen LogP contribution in [0.4, 0.5) is 13.2 Å². The van der Waals surface area contributed by atoms with Crippen LogP contribution in [0.5, 0.6) is 5.75 Å². The molecule has 0 radical (unpaired) electrons. The minimum Gasteiger partial charge on any atom is -0.493 e. The molecule has 0 fully saturated rings. The third-order valence-electron chi connectivity index (χ3n) is 3.68. The number of hydrogen-bond acceptors (Lipinski definition) is 4. The summed E-state index contributed by atoms with van der Waals surface area (Å²) in [6, 6.07) is 5.01. The summed E-state index contributed by atoms with van der Waals surface area (Å²) in [5.41, 5.74) is 6.12. The second kappa shape index (κ2) is 8.66. The highest BCUT2D eigenvalue weighted by molar-refractivity contribution is 5.95. The molecule has 2 aromatic rings. The maximum atomic E-state index is 13.4. The zero-order valence-electron chi connectivity index (χ0n) is 14.2. The van der Waals surface area contributed by atoms with Gasteiger partial charge in [0.2, 0.25) is 0 Å². The van der Waals surface area contributed by atoms with Gasteiger partial charge in [-0.2, -0.15) is 13.2 Å². The van der Waals surface area contributed by atoms with Gasteiger partial charge in [0, 0.05) is 23.5 Å². The van der Waals surface area contributed by atoms with Crippen molar-refractivity contribution in [1.82, 2.24) is 10.3 Å². The van der Waals surface area contributed by atoms with Gasteiger partial charge < -0.3 is 15.8 Å². The summed E-state index contributed by atoms with van der Waals surface area (Å²) in [5.74, 6) is -0.407. The van der Waals surface area contributed by atoms with E-state index in [1.807, 2.05) is 5.32 Å². The van der Waals surface area contributed by atoms with Crippen molar-refractivity contribution in [3.05, 3.63) is 59.4 Å². The fourth-order valence-electron chi connectivity index (χ4n) is 2.28. The molecule has 140 valence electrons. The summed E-state index contributed by atoms with van der Waals surface area (Å²) in [7, 11) is 0. The van der Waals surface area contributed by atoms with Crippen LogP contribution in [0.2, 0.25) is 0 Å². The van der Waals surface area contributed by atoms with Gasteiger partial charge >= 0.3 is 6.18 Å². The first-order valence-electron chi connectivity index (χ1n) is 8.04. The average Bonchev–Trinajstić information content (AvgIpc) is 2.61. The second-order valence-corrected chi connectivity index (χ2v) is 5.71. The highest BCUT2D eigenvalue weighted by atomic mass is 19.4. The number of rotatable bonds is 7. The van der Waals surface area contributed by atoms with Gasteiger partial charge in [-0.3, -0.25) is 9.78 Å². The Labute approximate surface area is 149 Å². The van der Waals surface area contributed by atoms with Gasteiger partial charge in [-0.15, -0.1) is 0 Å². The van der Waals surface area contributed by atoms with E-state index in [0.29, 0.717) is 25.3 Å². The first-order chi connectivity index (χ1) is 12.3. The lowest BCUT2D eigenvalue weighted by molar-refractivity contribution is -0.155. The molecule has 5 nitrogen and oxygen atoms in total. The number of halogens is 3. The Morgan fingerprint density at radius 2 is 2.12 bits per heavy atom. The first-order valence-corrected chi connectivity index (χ1v) is 8.04. The normalized spacial score (nSPS) is 12.5. The number of aryl methyl sites for hydroxylation is 1. The van der Waals surface area contributed by atoms with E-state index >= 15 is 0 Å². The maximum absolute atomic E-state index is 13.4. The number of aromatic nitrogens is 1. The topological polar surface area (TPSA) is 77.2 Å². The Hall–Kier alpha value is -2.61. The maximum Gasteiger partial charge on any atom is 0.412 e. The van der Waals surface area contributed by atoms with Gasteiger partial charge in [-0.25, -0.2) is 0 Å². The van der Waals surface area contributed by atoms with Crippen LogP contribution in [-0.2, 0) is 0 Å². The van der Waals surface area contributed by atoms with E-state index in [4.69, 9.17) is 10.5 Å². The van der Waals surface area contributed by atoms with Crippen molar-refractivity contribution < 1.29 is 22.7 Å². The quantitative estimate of drug-likeness (QED) is 0.737. The number of alkyl halides is 3. The molecule has 1 atom stereocenters. The number of nitrogens with two attached hydrogens (primary N) is 1. The summed E-state index contributed by atoms with van der Waals surface area (Å²) >= 11 is 0. The van der Waals surface area contributed by atoms with E-state index in [2.05, 4.69) is 4.98 Å². The van der Waals surface area contributed by atoms with Crippen molar-refractivity contribution in [1.29, 1.82) is 0 Å². The van der Waals surface area contributed by atoms with Gasteiger partial charge in [-0.1, -0.05) is 12.1 Å². The Morgan fingerprint density at radius 1 is 1.35 bits per heavy atom. The number of hydrogen-bond donors (Lipinski definition) is 2. The second-order valence-electron chi connectivity index (χ2n) is 5.71. The van der Waals surface area contributed by atoms with Gasteiger partial charge in [0.05, 0.1) is 6.61 Å². The van der Waals surface area contributed by atoms with Crippen LogP contribution in [0.1, 0.15) is 33.9 Å². The molecule has 0 bridgehead atoms. The van der Waals surface area contributed by atoms with Crippen LogP contribution < -0.4 is 15.8 Å². The molecule has 1 heterocycles. The molecule has 26 heavy (non-hydrogen) atoms. The van der Waals surface area contributed by atoms with Crippen LogP contribution >= 0.6 is 0 Å². The monoisotopic (exact) mass is 367 g/mol. The average molecular weight is 367 g/mol. The van der Waals surface area contributed by atoms with Crippen molar-refractivity contribution in [2.75, 3.05) is 13.2 Å². The van der Waals surface area contributed by atoms with Gasteiger partial charge in [0.25, 0.3) is 5.91 Å². The minimum atomic E-state index is -4.65. The number of carbonyl (C=O) groups excluding carboxylic acids is 1. The SMILES string of the molecule is Cc1ccc(C(=O)NC(c2cccnc2)C(F)(F)F)cc1OCCCN. The van der Waals surface area contributed by atoms with Crippen molar-refractivity contribution in [3.63, 3.8) is 0 Å². The summed E-state index contributed by atoms with van der Waals surface area (Å²) in [5, 5.41) is 2.02. The summed E-state index contributed by atoms with van der Waals surface area (Å²) in [6.07, 6.45) is -1.57. The van der Waals surface area contributed by atoms with E-state index < -0.39 is 18.1 Å². The van der Waals surface area contributed by atoms with Crippen molar-refractivity contribution in [2.24, 2.45) is 5.73 Å². The molecule has 0 spiro atoms. The van der Waals surface area contributed by atoms with Crippen molar-refractivity contribution >= 4 is 5.91 Å². The number of carbonyl (C=O) groups is 1. The zero-order chi connectivity index (χ0) is 19.2. The predicted molar refractivity (Wildman–Crippen MR) is 90.8 cm³/mol. The van der Waals surface area contributed by atoms with E-state index in [1.54, 1.807) is 13.0 Å². The van der Waals surface area contributed by atoms with Crippen LogP contribution in [0.3, 0.4) is 0 Å². The molecular formula is C18H20F3N3O2. The number of nitrogens with zero attached hydrogens (tertiary/aromatic N) is 1. The van der Waals surface area contributed by atoms with Crippen LogP contribution in [0, 0.1) is 6.92 Å². The molecule has 0 saturated carbocycles. The smallest absolute Gasteiger partial charge is 0.412 e. The predicted octanol–water partition coefficient (Wildman–Crippen LogP) is 3.15. The Balaban J connectivity index is 2.20. The molecule has 8 heteroatoms. The molecule has 1 unspecified atom stereocenters. The van der Waals surface area contributed by atoms with Crippen LogP contribution in [0.25, 0.3) is 0 Å². The van der Waals surface area contributed by atoms with Crippen molar-refractivity contribution in [3.8, 4) is 5.75 Å². The molecule has 2 rings (SSSR count). The number of ether oxygens (including phenoxy) is 1. The third kappa shape index (κ3) is 5.19. The molecule has 1 aromatic carbocycles.